The van der Waals surface area contributed by atoms with Crippen LogP contribution < -0.4 is 22.1 Å². The Kier molecular flexibility index (Phi) is 25.1. The second kappa shape index (κ2) is 34.4. The van der Waals surface area contributed by atoms with Crippen molar-refractivity contribution in [3.8, 4) is 79.0 Å². The van der Waals surface area contributed by atoms with Crippen LogP contribution in [0.4, 0.5) is 4.79 Å². The number of aromatic nitrogens is 12. The van der Waals surface area contributed by atoms with Crippen LogP contribution in [-0.2, 0) is 4.74 Å². The van der Waals surface area contributed by atoms with E-state index in [0.29, 0.717) is 34.3 Å². The molecule has 12 heterocycles. The minimum Gasteiger partial charge on any atom is -0.480 e. The summed E-state index contributed by atoms with van der Waals surface area (Å²) in [5.74, 6) is 0.573. The number of aromatic amines is 6. The number of aliphatic imine (C=N–C) groups is 1. The minimum absolute atomic E-state index is 0. The van der Waals surface area contributed by atoms with E-state index in [4.69, 9.17) is 43.0 Å². The third-order valence-corrected chi connectivity index (χ3v) is 12.4. The number of carbonyl (C=O) groups excluding carboxylic acids is 2. The number of nitrogen functional groups attached to an aromatic ring is 1. The standard InChI is InChI=1S/C12H10N6O.C11H12N4.C11H11N3O.C10H10N4.C10H7N3.C10H8N2O.CH4/c13-7-17-12(19)18-11(14)10-5-9(6-16-10)8-1-3-15-4-2-8;1-13-11(12)10-6-9(7-15-10)8-2-4-14-5-3-8;1-15-11(12)10-6-9(7-14-10)8-2-4-13-5-3-8;11-10(12)9-5-8(6-14-9)7-1-3-13-4-2-7;11-6-10-5-9(7-13-10)8-1-3-12-4-2-8;13-7-10-5-9(6-12-10)8-1-3-11-4-2-8;/h1-6,16H,(H3,14,17,18,19);2-7,15H,1H3,(H2,12,13);2-7,12,14H,1H3;1-6,14H,(H3,11,12);1-5,7,13H;1-7,12H;1H4. The van der Waals surface area contributed by atoms with Crippen LogP contribution in [0.15, 0.2) is 226 Å². The Morgan fingerprint density at radius 2 is 0.833 bits per heavy atom. The van der Waals surface area contributed by atoms with Crippen molar-refractivity contribution in [1.82, 2.24) is 70.4 Å². The maximum absolute atomic E-state index is 11.1. The van der Waals surface area contributed by atoms with E-state index >= 15 is 0 Å². The van der Waals surface area contributed by atoms with Gasteiger partial charge in [-0.25, -0.2) is 10.1 Å². The van der Waals surface area contributed by atoms with E-state index in [2.05, 4.69) is 70.1 Å². The summed E-state index contributed by atoms with van der Waals surface area (Å²) in [7, 11) is 3.15. The van der Waals surface area contributed by atoms with Gasteiger partial charge in [0.05, 0.1) is 29.9 Å². The largest absolute Gasteiger partial charge is 0.480 e. The molecule has 0 unspecified atom stereocenters. The molecule has 450 valence electrons. The van der Waals surface area contributed by atoms with Crippen LogP contribution in [0.1, 0.15) is 46.4 Å². The Morgan fingerprint density at radius 3 is 1.18 bits per heavy atom. The van der Waals surface area contributed by atoms with Gasteiger partial charge in [0.25, 0.3) is 0 Å². The number of amides is 2. The predicted octanol–water partition coefficient (Wildman–Crippen LogP) is 10.5. The SMILES string of the molecule is C.CN=C(N)c1cc(-c2ccncc2)c[nH]1.COC(=N)c1cc(-c2ccncc2)c[nH]1.N#CNC(=O)NC(=N)c1cc(-c2ccncc2)c[nH]1.N#Cc1cc(-c2ccncc2)c[nH]1.N=C(N)c1cc(-c2ccncc2)c[nH]1.O=Cc1cc(-c2ccncc2)c[nH]1. The predicted molar refractivity (Wildman–Crippen MR) is 347 cm³/mol. The summed E-state index contributed by atoms with van der Waals surface area (Å²) in [6, 6.07) is 35.2. The zero-order valence-corrected chi connectivity index (χ0v) is 47.8. The van der Waals surface area contributed by atoms with Gasteiger partial charge in [-0.2, -0.15) is 10.5 Å². The molecule has 12 rings (SSSR count). The Bertz CT molecular complexity index is 4290. The molecule has 0 aliphatic rings. The van der Waals surface area contributed by atoms with Crippen molar-refractivity contribution in [2.45, 2.75) is 7.43 Å². The number of carbonyl (C=O) groups is 2. The summed E-state index contributed by atoms with van der Waals surface area (Å²) in [5.41, 5.74) is 27.1. The van der Waals surface area contributed by atoms with Crippen LogP contribution in [0, 0.1) is 39.0 Å². The minimum atomic E-state index is -0.743. The highest BCUT2D eigenvalue weighted by atomic mass is 16.5. The summed E-state index contributed by atoms with van der Waals surface area (Å²) in [6.45, 7) is 0. The highest BCUT2D eigenvalue weighted by Gasteiger charge is 2.11. The van der Waals surface area contributed by atoms with Gasteiger partial charge < -0.3 is 46.1 Å². The smallest absolute Gasteiger partial charge is 0.333 e. The van der Waals surface area contributed by atoms with Gasteiger partial charge >= 0.3 is 6.03 Å². The van der Waals surface area contributed by atoms with E-state index in [1.165, 1.54) is 13.3 Å². The third kappa shape index (κ3) is 19.6. The van der Waals surface area contributed by atoms with E-state index < -0.39 is 6.03 Å². The fraction of sp³-hybridized carbons (Fsp3) is 0.0462. The van der Waals surface area contributed by atoms with Gasteiger partial charge in [-0.15, -0.1) is 0 Å². The molecule has 2 amide bonds. The average Bonchev–Trinajstić information content (AvgIpc) is 4.13. The van der Waals surface area contributed by atoms with Crippen molar-refractivity contribution < 1.29 is 14.3 Å². The van der Waals surface area contributed by atoms with Crippen LogP contribution in [0.3, 0.4) is 0 Å². The molecule has 0 fully saturated rings. The molecule has 0 aromatic carbocycles. The maximum atomic E-state index is 11.1. The number of amidine groups is 3. The molecule has 0 radical (unpaired) electrons. The number of ether oxygens (including phenoxy) is 1. The lowest BCUT2D eigenvalue weighted by Gasteiger charge is -2.02. The van der Waals surface area contributed by atoms with Crippen molar-refractivity contribution in [1.29, 1.82) is 26.8 Å². The first-order chi connectivity index (χ1) is 43.4. The second-order valence-electron chi connectivity index (χ2n) is 18.1. The van der Waals surface area contributed by atoms with Crippen molar-refractivity contribution in [3.63, 3.8) is 0 Å². The van der Waals surface area contributed by atoms with Gasteiger partial charge in [0.1, 0.15) is 35.0 Å². The molecule has 0 saturated carbocycles. The fourth-order valence-corrected chi connectivity index (χ4v) is 7.85. The normalized spacial score (nSPS) is 9.93. The van der Waals surface area contributed by atoms with Crippen LogP contribution in [-0.4, -0.2) is 110 Å². The summed E-state index contributed by atoms with van der Waals surface area (Å²) in [6.07, 6.45) is 33.9. The number of hydrogen-bond donors (Lipinski definition) is 13. The number of nitriles is 2. The molecule has 25 heteroatoms. The molecule has 0 saturated heterocycles. The number of rotatable bonds is 11. The van der Waals surface area contributed by atoms with Crippen molar-refractivity contribution >= 4 is 35.7 Å². The van der Waals surface area contributed by atoms with E-state index in [0.717, 1.165) is 78.7 Å². The van der Waals surface area contributed by atoms with Crippen LogP contribution in [0.25, 0.3) is 66.8 Å². The van der Waals surface area contributed by atoms with Crippen LogP contribution >= 0.6 is 0 Å². The molecule has 12 aromatic heterocycles. The number of H-pyrrole nitrogens is 6. The number of pyridine rings is 6. The number of nitrogens with one attached hydrogen (secondary N) is 11. The first-order valence-electron chi connectivity index (χ1n) is 26.5. The van der Waals surface area contributed by atoms with Gasteiger partial charge in [-0.1, -0.05) is 7.43 Å². The summed E-state index contributed by atoms with van der Waals surface area (Å²) in [4.78, 5) is 66.7. The monoisotopic (exact) mass is 1200 g/mol. The van der Waals surface area contributed by atoms with Crippen molar-refractivity contribution in [2.24, 2.45) is 16.5 Å². The molecule has 0 bridgehead atoms. The van der Waals surface area contributed by atoms with Gasteiger partial charge in [0, 0.05) is 130 Å². The van der Waals surface area contributed by atoms with Gasteiger partial charge in [0.2, 0.25) is 5.90 Å². The number of nitrogens with two attached hydrogens (primary N) is 2. The highest BCUT2D eigenvalue weighted by molar-refractivity contribution is 6.05. The molecule has 12 aromatic rings. The number of aldehydes is 1. The zero-order chi connectivity index (χ0) is 63.2. The highest BCUT2D eigenvalue weighted by Crippen LogP contribution is 2.23. The molecular weight excluding hydrogens is 1140 g/mol. The van der Waals surface area contributed by atoms with E-state index in [-0.39, 0.29) is 25.0 Å². The second-order valence-corrected chi connectivity index (χ2v) is 18.1. The molecule has 0 spiro atoms. The van der Waals surface area contributed by atoms with Crippen molar-refractivity contribution in [3.05, 3.63) is 255 Å². The third-order valence-electron chi connectivity index (χ3n) is 12.4. The lowest BCUT2D eigenvalue weighted by atomic mass is 10.1. The zero-order valence-electron chi connectivity index (χ0n) is 47.8. The lowest BCUT2D eigenvalue weighted by molar-refractivity contribution is 0.111. The van der Waals surface area contributed by atoms with Crippen molar-refractivity contribution in [2.75, 3.05) is 14.2 Å². The van der Waals surface area contributed by atoms with Gasteiger partial charge in [0.15, 0.2) is 12.5 Å². The topological polar surface area (TPSA) is 423 Å². The Labute approximate surface area is 517 Å². The van der Waals surface area contributed by atoms with Gasteiger partial charge in [-0.05, 0) is 165 Å². The molecule has 0 aliphatic carbocycles. The van der Waals surface area contributed by atoms with Crippen LogP contribution in [0.5, 0.6) is 0 Å². The van der Waals surface area contributed by atoms with E-state index in [1.807, 2.05) is 139 Å². The summed E-state index contributed by atoms with van der Waals surface area (Å²) in [5, 5.41) is 43.4. The molecule has 15 N–H and O–H groups in total. The Morgan fingerprint density at radius 1 is 0.500 bits per heavy atom. The number of methoxy groups -OCH3 is 1. The Hall–Kier alpha value is -13.4. The van der Waals surface area contributed by atoms with Crippen LogP contribution in [0.2, 0.25) is 0 Å². The Balaban J connectivity index is 0.000000172. The molecule has 90 heavy (non-hydrogen) atoms. The summed E-state index contributed by atoms with van der Waals surface area (Å²) < 4.78 is 4.83. The first kappa shape index (κ1) is 65.7. The fourth-order valence-electron chi connectivity index (χ4n) is 7.85. The number of nitrogens with zero attached hydrogens (tertiary/aromatic N) is 9. The maximum Gasteiger partial charge on any atom is 0.333 e. The molecular formula is C65H62N22O3. The lowest BCUT2D eigenvalue weighted by Crippen LogP contribution is -2.37. The molecule has 0 atom stereocenters. The number of hydrogen-bond acceptors (Lipinski definition) is 15. The first-order valence-corrected chi connectivity index (χ1v) is 26.5. The summed E-state index contributed by atoms with van der Waals surface area (Å²) >= 11 is 0. The van der Waals surface area contributed by atoms with E-state index in [9.17, 15) is 9.59 Å². The number of urea groups is 1. The molecule has 0 aliphatic heterocycles. The quantitative estimate of drug-likeness (QED) is 0.0189. The average molecular weight is 1200 g/mol. The molecule has 25 nitrogen and oxygen atoms in total. The van der Waals surface area contributed by atoms with Gasteiger partial charge in [-0.3, -0.25) is 61.2 Å². The van der Waals surface area contributed by atoms with E-state index in [1.54, 1.807) is 99.9 Å².